The second kappa shape index (κ2) is 5.92. The fourth-order valence-corrected chi connectivity index (χ4v) is 1.10. The molecule has 0 aromatic heterocycles. The number of benzene rings is 1. The highest BCUT2D eigenvalue weighted by Crippen LogP contribution is 2.10. The summed E-state index contributed by atoms with van der Waals surface area (Å²) in [7, 11) is 0. The molecule has 0 atom stereocenters. The van der Waals surface area contributed by atoms with Crippen molar-refractivity contribution >= 4 is 11.9 Å². The normalized spacial score (nSPS) is 10.2. The molecule has 0 spiro atoms. The summed E-state index contributed by atoms with van der Waals surface area (Å²) < 4.78 is 13.2. The van der Waals surface area contributed by atoms with E-state index in [0.717, 1.165) is 12.1 Å². The van der Waals surface area contributed by atoms with E-state index >= 15 is 0 Å². The molecule has 0 bridgehead atoms. The fourth-order valence-electron chi connectivity index (χ4n) is 1.10. The minimum atomic E-state index is -1.33. The van der Waals surface area contributed by atoms with Crippen LogP contribution in [0, 0.1) is 5.82 Å². The maximum atomic E-state index is 13.2. The van der Waals surface area contributed by atoms with Crippen LogP contribution in [-0.4, -0.2) is 23.6 Å². The lowest BCUT2D eigenvalue weighted by atomic mass is 10.1. The topological polar surface area (TPSA) is 102 Å². The number of carbonyl (C=O) groups is 2. The molecule has 0 radical (unpaired) electrons. The molecule has 0 fully saturated rings. The highest BCUT2D eigenvalue weighted by atomic mass is 19.1. The standard InChI is InChI=1S/C10H11FN2O4/c11-8-3-6(1-2-7(8)10(15)16)4-13-17-5-9(12)14/h1-3,13H,4-5H2,(H2,12,14)(H,15,16). The zero-order valence-corrected chi connectivity index (χ0v) is 8.77. The van der Waals surface area contributed by atoms with Gasteiger partial charge in [-0.3, -0.25) is 9.63 Å². The molecular formula is C10H11FN2O4. The average Bonchev–Trinajstić information content (AvgIpc) is 2.23. The molecule has 7 heteroatoms. The highest BCUT2D eigenvalue weighted by molar-refractivity contribution is 5.87. The molecule has 1 amide bonds. The molecule has 0 aliphatic heterocycles. The predicted molar refractivity (Wildman–Crippen MR) is 55.3 cm³/mol. The van der Waals surface area contributed by atoms with E-state index in [2.05, 4.69) is 10.3 Å². The number of rotatable bonds is 6. The quantitative estimate of drug-likeness (QED) is 0.482. The summed E-state index contributed by atoms with van der Waals surface area (Å²) in [4.78, 5) is 25.5. The average molecular weight is 242 g/mol. The Morgan fingerprint density at radius 3 is 2.71 bits per heavy atom. The van der Waals surface area contributed by atoms with Gasteiger partial charge < -0.3 is 10.8 Å². The van der Waals surface area contributed by atoms with Crippen molar-refractivity contribution in [2.75, 3.05) is 6.61 Å². The van der Waals surface area contributed by atoms with Gasteiger partial charge in [-0.25, -0.2) is 9.18 Å². The van der Waals surface area contributed by atoms with Gasteiger partial charge in [-0.15, -0.1) is 0 Å². The van der Waals surface area contributed by atoms with E-state index in [0.29, 0.717) is 5.56 Å². The van der Waals surface area contributed by atoms with Crippen molar-refractivity contribution in [3.05, 3.63) is 35.1 Å². The Labute approximate surface area is 96.1 Å². The third-order valence-electron chi connectivity index (χ3n) is 1.86. The van der Waals surface area contributed by atoms with Crippen molar-refractivity contribution in [1.29, 1.82) is 0 Å². The van der Waals surface area contributed by atoms with Gasteiger partial charge in [0.25, 0.3) is 0 Å². The maximum absolute atomic E-state index is 13.2. The molecule has 1 aromatic carbocycles. The van der Waals surface area contributed by atoms with Crippen LogP contribution in [0.2, 0.25) is 0 Å². The van der Waals surface area contributed by atoms with Crippen LogP contribution in [0.3, 0.4) is 0 Å². The number of hydroxylamine groups is 1. The molecular weight excluding hydrogens is 231 g/mol. The van der Waals surface area contributed by atoms with Gasteiger partial charge in [0, 0.05) is 6.54 Å². The first kappa shape index (κ1) is 13.1. The van der Waals surface area contributed by atoms with Crippen LogP contribution in [0.25, 0.3) is 0 Å². The van der Waals surface area contributed by atoms with Crippen LogP contribution < -0.4 is 11.2 Å². The first-order chi connectivity index (χ1) is 8.00. The Kier molecular flexibility index (Phi) is 4.56. The van der Waals surface area contributed by atoms with Crippen LogP contribution in [0.5, 0.6) is 0 Å². The van der Waals surface area contributed by atoms with Gasteiger partial charge in [-0.1, -0.05) is 6.07 Å². The summed E-state index contributed by atoms with van der Waals surface area (Å²) in [5.41, 5.74) is 7.30. The minimum Gasteiger partial charge on any atom is -0.478 e. The number of halogens is 1. The van der Waals surface area contributed by atoms with Crippen LogP contribution in [0.4, 0.5) is 4.39 Å². The van der Waals surface area contributed by atoms with E-state index in [-0.39, 0.29) is 13.2 Å². The van der Waals surface area contributed by atoms with Gasteiger partial charge in [-0.2, -0.15) is 5.48 Å². The Morgan fingerprint density at radius 2 is 2.18 bits per heavy atom. The first-order valence-corrected chi connectivity index (χ1v) is 4.65. The Balaban J connectivity index is 2.53. The van der Waals surface area contributed by atoms with Crippen molar-refractivity contribution in [2.24, 2.45) is 5.73 Å². The van der Waals surface area contributed by atoms with Gasteiger partial charge in [-0.05, 0) is 17.7 Å². The first-order valence-electron chi connectivity index (χ1n) is 4.65. The number of hydrogen-bond donors (Lipinski definition) is 3. The summed E-state index contributed by atoms with van der Waals surface area (Å²) in [5, 5.41) is 8.60. The predicted octanol–water partition coefficient (Wildman–Crippen LogP) is 0.0304. The highest BCUT2D eigenvalue weighted by Gasteiger charge is 2.10. The smallest absolute Gasteiger partial charge is 0.338 e. The fraction of sp³-hybridized carbons (Fsp3) is 0.200. The van der Waals surface area contributed by atoms with Crippen LogP contribution in [0.1, 0.15) is 15.9 Å². The Morgan fingerprint density at radius 1 is 1.47 bits per heavy atom. The molecule has 0 heterocycles. The number of carbonyl (C=O) groups excluding carboxylic acids is 1. The number of aromatic carboxylic acids is 1. The Bertz CT molecular complexity index is 436. The van der Waals surface area contributed by atoms with E-state index in [4.69, 9.17) is 10.8 Å². The largest absolute Gasteiger partial charge is 0.478 e. The number of carboxylic acid groups (broad SMARTS) is 1. The monoisotopic (exact) mass is 242 g/mol. The summed E-state index contributed by atoms with van der Waals surface area (Å²) in [6.07, 6.45) is 0. The molecule has 17 heavy (non-hydrogen) atoms. The number of primary amides is 1. The molecule has 1 rings (SSSR count). The van der Waals surface area contributed by atoms with Crippen LogP contribution in [-0.2, 0) is 16.2 Å². The molecule has 0 aliphatic rings. The van der Waals surface area contributed by atoms with Gasteiger partial charge in [0.05, 0.1) is 5.56 Å². The van der Waals surface area contributed by atoms with Gasteiger partial charge in [0.2, 0.25) is 5.91 Å². The molecule has 1 aromatic rings. The lowest BCUT2D eigenvalue weighted by molar-refractivity contribution is -0.125. The van der Waals surface area contributed by atoms with E-state index in [1.165, 1.54) is 6.07 Å². The third kappa shape index (κ3) is 4.17. The lowest BCUT2D eigenvalue weighted by Crippen LogP contribution is -2.24. The van der Waals surface area contributed by atoms with Gasteiger partial charge in [0.1, 0.15) is 12.4 Å². The number of amides is 1. The molecule has 0 unspecified atom stereocenters. The molecule has 0 saturated heterocycles. The van der Waals surface area contributed by atoms with Crippen LogP contribution in [0.15, 0.2) is 18.2 Å². The second-order valence-corrected chi connectivity index (χ2v) is 3.20. The van der Waals surface area contributed by atoms with Crippen LogP contribution >= 0.6 is 0 Å². The summed E-state index contributed by atoms with van der Waals surface area (Å²) >= 11 is 0. The van der Waals surface area contributed by atoms with Crippen molar-refractivity contribution in [2.45, 2.75) is 6.54 Å². The molecule has 0 saturated carbocycles. The SMILES string of the molecule is NC(=O)CONCc1ccc(C(=O)O)c(F)c1. The van der Waals surface area contributed by atoms with Crippen molar-refractivity contribution in [3.63, 3.8) is 0 Å². The van der Waals surface area contributed by atoms with Gasteiger partial charge in [0.15, 0.2) is 0 Å². The summed E-state index contributed by atoms with van der Waals surface area (Å²) in [5.74, 6) is -2.79. The number of carboxylic acids is 1. The molecule has 92 valence electrons. The summed E-state index contributed by atoms with van der Waals surface area (Å²) in [6, 6.07) is 3.67. The maximum Gasteiger partial charge on any atom is 0.338 e. The zero-order chi connectivity index (χ0) is 12.8. The van der Waals surface area contributed by atoms with Crippen molar-refractivity contribution in [1.82, 2.24) is 5.48 Å². The Hall–Kier alpha value is -1.99. The van der Waals surface area contributed by atoms with E-state index < -0.39 is 23.3 Å². The minimum absolute atomic E-state index is 0.129. The van der Waals surface area contributed by atoms with E-state index in [9.17, 15) is 14.0 Å². The third-order valence-corrected chi connectivity index (χ3v) is 1.86. The number of hydrogen-bond acceptors (Lipinski definition) is 4. The van der Waals surface area contributed by atoms with E-state index in [1.807, 2.05) is 0 Å². The zero-order valence-electron chi connectivity index (χ0n) is 8.77. The van der Waals surface area contributed by atoms with Crippen molar-refractivity contribution < 1.29 is 23.9 Å². The molecule has 6 nitrogen and oxygen atoms in total. The van der Waals surface area contributed by atoms with Gasteiger partial charge >= 0.3 is 5.97 Å². The second-order valence-electron chi connectivity index (χ2n) is 3.20. The molecule has 0 aliphatic carbocycles. The van der Waals surface area contributed by atoms with E-state index in [1.54, 1.807) is 0 Å². The van der Waals surface area contributed by atoms with Crippen molar-refractivity contribution in [3.8, 4) is 0 Å². The lowest BCUT2D eigenvalue weighted by Gasteiger charge is -2.05. The number of nitrogens with one attached hydrogen (secondary N) is 1. The summed E-state index contributed by atoms with van der Waals surface area (Å²) in [6.45, 7) is -0.167. The molecule has 4 N–H and O–H groups in total. The number of nitrogens with two attached hydrogens (primary N) is 1.